The van der Waals surface area contributed by atoms with Gasteiger partial charge in [-0.2, -0.15) is 4.98 Å². The molecule has 2 bridgehead atoms. The van der Waals surface area contributed by atoms with Crippen LogP contribution in [0.25, 0.3) is 0 Å². The molecule has 1 aromatic heterocycles. The fourth-order valence-corrected chi connectivity index (χ4v) is 6.07. The molecule has 1 aliphatic carbocycles. The summed E-state index contributed by atoms with van der Waals surface area (Å²) in [5, 5.41) is 0. The Bertz CT molecular complexity index is 748. The van der Waals surface area contributed by atoms with E-state index in [1.807, 2.05) is 0 Å². The molecule has 3 aliphatic heterocycles. The highest BCUT2D eigenvalue weighted by atomic mass is 127. The summed E-state index contributed by atoms with van der Waals surface area (Å²) in [6.07, 6.45) is 5.04. The molecule has 0 N–H and O–H groups in total. The second kappa shape index (κ2) is 4.93. The molecular weight excluding hydrogens is 427 g/mol. The number of nitrogens with zero attached hydrogens (tertiary/aromatic N) is 2. The molecule has 1 saturated carbocycles. The first-order chi connectivity index (χ1) is 11.5. The Morgan fingerprint density at radius 2 is 2.17 bits per heavy atom. The molecule has 3 fully saturated rings. The maximum Gasteiger partial charge on any atom is 0.302 e. The monoisotopic (exact) mass is 446 g/mol. The summed E-state index contributed by atoms with van der Waals surface area (Å²) in [4.78, 5) is 15.6. The van der Waals surface area contributed by atoms with Gasteiger partial charge in [0.1, 0.15) is 23.9 Å². The number of rotatable bonds is 1. The highest BCUT2D eigenvalue weighted by Gasteiger charge is 2.75. The van der Waals surface area contributed by atoms with Crippen LogP contribution in [0.15, 0.2) is 17.1 Å². The number of halogens is 1. The van der Waals surface area contributed by atoms with Crippen molar-refractivity contribution in [1.82, 2.24) is 9.55 Å². The minimum atomic E-state index is -0.654. The molecule has 4 atom stereocenters. The van der Waals surface area contributed by atoms with Gasteiger partial charge in [-0.15, -0.1) is 0 Å². The van der Waals surface area contributed by atoms with Gasteiger partial charge in [-0.1, -0.05) is 22.6 Å². The van der Waals surface area contributed by atoms with Crippen LogP contribution in [0.3, 0.4) is 0 Å². The molecule has 2 saturated heterocycles. The number of alkyl halides is 1. The first kappa shape index (κ1) is 15.5. The van der Waals surface area contributed by atoms with Crippen LogP contribution < -0.4 is 10.3 Å². The van der Waals surface area contributed by atoms with Crippen molar-refractivity contribution in [2.24, 2.45) is 0 Å². The van der Waals surface area contributed by atoms with Gasteiger partial charge in [0.2, 0.25) is 0 Å². The summed E-state index contributed by atoms with van der Waals surface area (Å²) in [5.74, 6) is -0.517. The van der Waals surface area contributed by atoms with E-state index in [-0.39, 0.29) is 17.7 Å². The summed E-state index contributed by atoms with van der Waals surface area (Å²) in [7, 11) is 0. The zero-order valence-electron chi connectivity index (χ0n) is 13.4. The van der Waals surface area contributed by atoms with E-state index in [0.29, 0.717) is 6.61 Å². The highest BCUT2D eigenvalue weighted by Crippen LogP contribution is 2.62. The van der Waals surface area contributed by atoms with Gasteiger partial charge in [-0.05, 0) is 19.8 Å². The maximum atomic E-state index is 11.6. The lowest BCUT2D eigenvalue weighted by Gasteiger charge is -2.37. The lowest BCUT2D eigenvalue weighted by molar-refractivity contribution is -0.235. The smallest absolute Gasteiger partial charge is 0.302 e. The van der Waals surface area contributed by atoms with Crippen molar-refractivity contribution >= 4 is 22.6 Å². The molecule has 130 valence electrons. The molecule has 8 heteroatoms. The van der Waals surface area contributed by atoms with Crippen molar-refractivity contribution < 1.29 is 18.9 Å². The average Bonchev–Trinajstić information content (AvgIpc) is 3.11. The molecule has 0 radical (unpaired) electrons. The first-order valence-electron chi connectivity index (χ1n) is 8.36. The van der Waals surface area contributed by atoms with Gasteiger partial charge in [-0.25, -0.2) is 0 Å². The van der Waals surface area contributed by atoms with Crippen molar-refractivity contribution in [3.63, 3.8) is 0 Å². The van der Waals surface area contributed by atoms with Crippen molar-refractivity contribution in [3.05, 3.63) is 22.6 Å². The van der Waals surface area contributed by atoms with E-state index < -0.39 is 23.2 Å². The Hall–Kier alpha value is -0.710. The normalized spacial score (nSPS) is 41.8. The van der Waals surface area contributed by atoms with E-state index in [0.717, 1.165) is 30.1 Å². The summed E-state index contributed by atoms with van der Waals surface area (Å²) >= 11 is 2.36. The molecule has 1 spiro atoms. The Morgan fingerprint density at radius 1 is 1.38 bits per heavy atom. The third-order valence-electron chi connectivity index (χ3n) is 5.88. The Morgan fingerprint density at radius 3 is 2.92 bits per heavy atom. The predicted octanol–water partition coefficient (Wildman–Crippen LogP) is 1.78. The standard InChI is InChI=1S/C16H19IN2O5/c1-14-12-19-7-4-11(20)18-13(19)21-8-10(22-12)16(14,9-17)24-15(23-14)5-2-3-6-15/h4,7,10,12H,2-3,5-6,8-9H2,1H3/t10-,12-,14+,16+/m1/s1. The van der Waals surface area contributed by atoms with E-state index in [2.05, 4.69) is 34.5 Å². The van der Waals surface area contributed by atoms with Gasteiger partial charge in [-0.3, -0.25) is 9.36 Å². The minimum Gasteiger partial charge on any atom is -0.462 e. The van der Waals surface area contributed by atoms with Crippen LogP contribution in [0.4, 0.5) is 0 Å². The van der Waals surface area contributed by atoms with E-state index in [1.165, 1.54) is 6.07 Å². The van der Waals surface area contributed by atoms with Crippen molar-refractivity contribution in [1.29, 1.82) is 0 Å². The fraction of sp³-hybridized carbons (Fsp3) is 0.750. The number of fused-ring (bicyclic) bond motifs is 7. The lowest BCUT2D eigenvalue weighted by atomic mass is 9.83. The Balaban J connectivity index is 1.67. The summed E-state index contributed by atoms with van der Waals surface area (Å²) in [6.45, 7) is 2.36. The number of aromatic nitrogens is 2. The number of hydrogen-bond donors (Lipinski definition) is 0. The zero-order valence-corrected chi connectivity index (χ0v) is 15.5. The molecule has 24 heavy (non-hydrogen) atoms. The largest absolute Gasteiger partial charge is 0.462 e. The summed E-state index contributed by atoms with van der Waals surface area (Å²) < 4.78 is 27.9. The van der Waals surface area contributed by atoms with Crippen LogP contribution >= 0.6 is 22.6 Å². The minimum absolute atomic E-state index is 0.263. The molecule has 7 nitrogen and oxygen atoms in total. The van der Waals surface area contributed by atoms with Crippen molar-refractivity contribution in [2.75, 3.05) is 11.0 Å². The van der Waals surface area contributed by atoms with Gasteiger partial charge in [0.25, 0.3) is 5.56 Å². The first-order valence-corrected chi connectivity index (χ1v) is 9.88. The molecule has 4 aliphatic rings. The molecule has 4 heterocycles. The SMILES string of the molecule is C[C@@]12OC3(CCCC3)O[C@@]1(CI)[C@H]1COc3nc(=O)ccn3[C@@H]2O1. The van der Waals surface area contributed by atoms with Gasteiger partial charge in [0, 0.05) is 29.5 Å². The Kier molecular flexibility index (Phi) is 3.19. The summed E-state index contributed by atoms with van der Waals surface area (Å²) in [5.41, 5.74) is -1.54. The average molecular weight is 446 g/mol. The van der Waals surface area contributed by atoms with E-state index in [4.69, 9.17) is 18.9 Å². The number of hydrogen-bond acceptors (Lipinski definition) is 6. The van der Waals surface area contributed by atoms with Crippen LogP contribution in [0, 0.1) is 0 Å². The molecular formula is C16H19IN2O5. The fourth-order valence-electron chi connectivity index (χ4n) is 4.67. The quantitative estimate of drug-likeness (QED) is 0.484. The lowest BCUT2D eigenvalue weighted by Crippen LogP contribution is -2.57. The van der Waals surface area contributed by atoms with Crippen molar-refractivity contribution in [3.8, 4) is 6.01 Å². The van der Waals surface area contributed by atoms with Gasteiger partial charge in [0.05, 0.1) is 0 Å². The number of ether oxygens (including phenoxy) is 4. The van der Waals surface area contributed by atoms with Gasteiger partial charge >= 0.3 is 6.01 Å². The van der Waals surface area contributed by atoms with Crippen LogP contribution in [-0.4, -0.2) is 43.7 Å². The Labute approximate surface area is 152 Å². The highest BCUT2D eigenvalue weighted by molar-refractivity contribution is 14.1. The molecule has 0 aromatic carbocycles. The molecule has 0 unspecified atom stereocenters. The van der Waals surface area contributed by atoms with Crippen LogP contribution in [0.1, 0.15) is 38.8 Å². The summed E-state index contributed by atoms with van der Waals surface area (Å²) in [6, 6.07) is 1.71. The van der Waals surface area contributed by atoms with E-state index in [9.17, 15) is 4.79 Å². The van der Waals surface area contributed by atoms with E-state index in [1.54, 1.807) is 10.8 Å². The predicted molar refractivity (Wildman–Crippen MR) is 91.3 cm³/mol. The van der Waals surface area contributed by atoms with Crippen LogP contribution in [0.5, 0.6) is 6.01 Å². The van der Waals surface area contributed by atoms with Gasteiger partial charge in [0.15, 0.2) is 12.0 Å². The topological polar surface area (TPSA) is 71.8 Å². The second-order valence-corrected chi connectivity index (χ2v) is 7.96. The molecule has 0 amide bonds. The molecule has 5 rings (SSSR count). The third-order valence-corrected chi connectivity index (χ3v) is 7.01. The van der Waals surface area contributed by atoms with Gasteiger partial charge < -0.3 is 18.9 Å². The molecule has 1 aromatic rings. The van der Waals surface area contributed by atoms with E-state index >= 15 is 0 Å². The maximum absolute atomic E-state index is 11.6. The third kappa shape index (κ3) is 1.77. The van der Waals surface area contributed by atoms with Crippen LogP contribution in [0.2, 0.25) is 0 Å². The second-order valence-electron chi connectivity index (χ2n) is 7.20. The zero-order chi connectivity index (χ0) is 16.6. The van der Waals surface area contributed by atoms with Crippen LogP contribution in [-0.2, 0) is 14.2 Å². The van der Waals surface area contributed by atoms with Crippen molar-refractivity contribution in [2.45, 2.75) is 61.9 Å².